The summed E-state index contributed by atoms with van der Waals surface area (Å²) in [7, 11) is 3.33. The van der Waals surface area contributed by atoms with Crippen LogP contribution < -0.4 is 14.9 Å². The lowest BCUT2D eigenvalue weighted by Gasteiger charge is -2.21. The van der Waals surface area contributed by atoms with Gasteiger partial charge in [0.25, 0.3) is 0 Å². The molecule has 0 aliphatic rings. The molecule has 1 N–H and O–H groups in total. The second-order valence-electron chi connectivity index (χ2n) is 6.77. The van der Waals surface area contributed by atoms with Gasteiger partial charge in [0.2, 0.25) is 0 Å². The van der Waals surface area contributed by atoms with Crippen LogP contribution in [0.25, 0.3) is 17.0 Å². The first-order chi connectivity index (χ1) is 11.9. The summed E-state index contributed by atoms with van der Waals surface area (Å²) >= 11 is 0. The second-order valence-corrected chi connectivity index (χ2v) is 6.77. The molecule has 5 nitrogen and oxygen atoms in total. The number of fused-ring (bicyclic) bond motifs is 1. The number of hydrogen-bond acceptors (Lipinski definition) is 4. The summed E-state index contributed by atoms with van der Waals surface area (Å²) in [5.74, 6) is 1.17. The van der Waals surface area contributed by atoms with Crippen molar-refractivity contribution in [1.82, 2.24) is 4.98 Å². The van der Waals surface area contributed by atoms with Gasteiger partial charge in [-0.15, -0.1) is 0 Å². The molecule has 2 aromatic rings. The first kappa shape index (κ1) is 19.1. The summed E-state index contributed by atoms with van der Waals surface area (Å²) in [4.78, 5) is 15.5. The van der Waals surface area contributed by atoms with Crippen LogP contribution in [-0.4, -0.2) is 32.4 Å². The molecule has 0 amide bonds. The Bertz CT molecular complexity index is 805. The van der Waals surface area contributed by atoms with Gasteiger partial charge in [-0.1, -0.05) is 26.0 Å². The monoisotopic (exact) mass is 345 g/mol. The van der Waals surface area contributed by atoms with E-state index in [-0.39, 0.29) is 10.8 Å². The molecular formula is C20H27NO4. The highest BCUT2D eigenvalue weighted by Crippen LogP contribution is 2.27. The predicted molar refractivity (Wildman–Crippen MR) is 102 cm³/mol. The van der Waals surface area contributed by atoms with Crippen molar-refractivity contribution in [2.75, 3.05) is 27.4 Å². The van der Waals surface area contributed by atoms with E-state index >= 15 is 0 Å². The smallest absolute Gasteiger partial charge is 0.195 e. The first-order valence-corrected chi connectivity index (χ1v) is 8.43. The predicted octanol–water partition coefficient (Wildman–Crippen LogP) is 4.01. The fourth-order valence-electron chi connectivity index (χ4n) is 2.76. The highest BCUT2D eigenvalue weighted by Gasteiger charge is 2.15. The van der Waals surface area contributed by atoms with Crippen molar-refractivity contribution in [3.63, 3.8) is 0 Å². The van der Waals surface area contributed by atoms with E-state index in [0.29, 0.717) is 35.7 Å². The van der Waals surface area contributed by atoms with Crippen molar-refractivity contribution in [2.24, 2.45) is 5.41 Å². The summed E-state index contributed by atoms with van der Waals surface area (Å²) in [6, 6.07) is 5.16. The molecule has 0 saturated carbocycles. The number of pyridine rings is 1. The van der Waals surface area contributed by atoms with Gasteiger partial charge in [-0.3, -0.25) is 4.79 Å². The van der Waals surface area contributed by atoms with Crippen LogP contribution >= 0.6 is 0 Å². The van der Waals surface area contributed by atoms with Crippen LogP contribution in [0.4, 0.5) is 0 Å². The minimum Gasteiger partial charge on any atom is -0.496 e. The molecule has 0 unspecified atom stereocenters. The van der Waals surface area contributed by atoms with Crippen molar-refractivity contribution in [3.8, 4) is 11.6 Å². The number of H-pyrrole nitrogens is 1. The molecule has 2 rings (SSSR count). The maximum atomic E-state index is 12.4. The fourth-order valence-corrected chi connectivity index (χ4v) is 2.76. The van der Waals surface area contributed by atoms with E-state index in [0.717, 1.165) is 12.0 Å². The largest absolute Gasteiger partial charge is 0.496 e. The standard InChI is InChI=1S/C20H27NO4/c1-6-25-19-12-17(22)15-10-14(18(24-5)11-16(15)21-19)8-7-9-20(2,3)13-23-4/h7-8,10-12H,6,9,13H2,1-5H3,(H,21,22)/b8-7+. The summed E-state index contributed by atoms with van der Waals surface area (Å²) in [5, 5.41) is 0.611. The number of nitrogens with one attached hydrogen (secondary N) is 1. The van der Waals surface area contributed by atoms with Gasteiger partial charge < -0.3 is 19.2 Å². The van der Waals surface area contributed by atoms with Crippen LogP contribution in [0, 0.1) is 5.41 Å². The molecule has 5 heteroatoms. The molecule has 0 radical (unpaired) electrons. The SMILES string of the molecule is CCOc1cc(=O)c2cc(/C=C/CC(C)(C)COC)c(OC)cc2[nH]1. The topological polar surface area (TPSA) is 60.6 Å². The van der Waals surface area contributed by atoms with Gasteiger partial charge in [0.15, 0.2) is 11.3 Å². The van der Waals surface area contributed by atoms with E-state index in [2.05, 4.69) is 24.9 Å². The normalized spacial score (nSPS) is 12.0. The molecule has 0 fully saturated rings. The van der Waals surface area contributed by atoms with Gasteiger partial charge in [0.1, 0.15) is 5.75 Å². The van der Waals surface area contributed by atoms with Gasteiger partial charge in [-0.2, -0.15) is 0 Å². The zero-order valence-electron chi connectivity index (χ0n) is 15.6. The Balaban J connectivity index is 2.38. The minimum atomic E-state index is -0.0748. The maximum Gasteiger partial charge on any atom is 0.195 e. The van der Waals surface area contributed by atoms with E-state index in [9.17, 15) is 4.79 Å². The number of ether oxygens (including phenoxy) is 3. The van der Waals surface area contributed by atoms with Crippen molar-refractivity contribution in [2.45, 2.75) is 27.2 Å². The van der Waals surface area contributed by atoms with Crippen molar-refractivity contribution < 1.29 is 14.2 Å². The molecule has 0 aliphatic carbocycles. The Hall–Kier alpha value is -2.27. The fraction of sp³-hybridized carbons (Fsp3) is 0.450. The average molecular weight is 345 g/mol. The molecule has 1 aromatic heterocycles. The summed E-state index contributed by atoms with van der Waals surface area (Å²) in [6.07, 6.45) is 4.94. The number of allylic oxidation sites excluding steroid dienone is 1. The van der Waals surface area contributed by atoms with Crippen LogP contribution in [0.3, 0.4) is 0 Å². The lowest BCUT2D eigenvalue weighted by molar-refractivity contribution is 0.106. The van der Waals surface area contributed by atoms with Gasteiger partial charge in [-0.05, 0) is 24.8 Å². The van der Waals surface area contributed by atoms with Crippen LogP contribution in [-0.2, 0) is 4.74 Å². The number of rotatable bonds is 8. The average Bonchev–Trinajstić information content (AvgIpc) is 2.54. The van der Waals surface area contributed by atoms with Crippen LogP contribution in [0.2, 0.25) is 0 Å². The van der Waals surface area contributed by atoms with E-state index in [4.69, 9.17) is 14.2 Å². The molecule has 0 saturated heterocycles. The quantitative estimate of drug-likeness (QED) is 0.785. The van der Waals surface area contributed by atoms with E-state index in [1.165, 1.54) is 6.07 Å². The second kappa shape index (κ2) is 8.21. The number of aromatic nitrogens is 1. The lowest BCUT2D eigenvalue weighted by Crippen LogP contribution is -2.16. The number of methoxy groups -OCH3 is 2. The summed E-state index contributed by atoms with van der Waals surface area (Å²) in [6.45, 7) is 7.36. The third kappa shape index (κ3) is 4.86. The Kier molecular flexibility index (Phi) is 6.26. The van der Waals surface area contributed by atoms with Gasteiger partial charge in [0.05, 0.1) is 25.8 Å². The van der Waals surface area contributed by atoms with Crippen LogP contribution in [0.15, 0.2) is 29.1 Å². The van der Waals surface area contributed by atoms with Gasteiger partial charge in [0, 0.05) is 30.2 Å². The van der Waals surface area contributed by atoms with E-state index in [1.54, 1.807) is 14.2 Å². The first-order valence-electron chi connectivity index (χ1n) is 8.43. The third-order valence-electron chi connectivity index (χ3n) is 3.96. The number of aromatic amines is 1. The zero-order valence-corrected chi connectivity index (χ0v) is 15.6. The van der Waals surface area contributed by atoms with Gasteiger partial charge in [-0.25, -0.2) is 0 Å². The van der Waals surface area contributed by atoms with E-state index < -0.39 is 0 Å². The van der Waals surface area contributed by atoms with Crippen molar-refractivity contribution in [1.29, 1.82) is 0 Å². The Morgan fingerprint density at radius 2 is 1.96 bits per heavy atom. The van der Waals surface area contributed by atoms with E-state index in [1.807, 2.05) is 25.1 Å². The lowest BCUT2D eigenvalue weighted by atomic mass is 9.90. The number of hydrogen-bond donors (Lipinski definition) is 1. The van der Waals surface area contributed by atoms with Crippen LogP contribution in [0.1, 0.15) is 32.8 Å². The Morgan fingerprint density at radius 1 is 1.20 bits per heavy atom. The van der Waals surface area contributed by atoms with Crippen molar-refractivity contribution >= 4 is 17.0 Å². The zero-order chi connectivity index (χ0) is 18.4. The van der Waals surface area contributed by atoms with Crippen molar-refractivity contribution in [3.05, 3.63) is 40.1 Å². The minimum absolute atomic E-state index is 0.0548. The third-order valence-corrected chi connectivity index (χ3v) is 3.96. The van der Waals surface area contributed by atoms with Crippen LogP contribution in [0.5, 0.6) is 11.6 Å². The Morgan fingerprint density at radius 3 is 2.60 bits per heavy atom. The summed E-state index contributed by atoms with van der Waals surface area (Å²) < 4.78 is 16.1. The molecule has 1 heterocycles. The summed E-state index contributed by atoms with van der Waals surface area (Å²) in [5.41, 5.74) is 1.55. The molecule has 25 heavy (non-hydrogen) atoms. The number of benzene rings is 1. The Labute approximate surface area is 148 Å². The molecule has 1 aromatic carbocycles. The molecule has 136 valence electrons. The highest BCUT2D eigenvalue weighted by molar-refractivity contribution is 5.84. The van der Waals surface area contributed by atoms with Gasteiger partial charge >= 0.3 is 0 Å². The maximum absolute atomic E-state index is 12.4. The molecule has 0 atom stereocenters. The molecule has 0 bridgehead atoms. The molecule has 0 aliphatic heterocycles. The highest BCUT2D eigenvalue weighted by atomic mass is 16.5. The molecular weight excluding hydrogens is 318 g/mol. The molecule has 0 spiro atoms.